The SMILES string of the molecule is COc1nc(-c2cccc(-c3cccc4c3CCN4C(=O)c3nc4c(n3C)CCN(CCC35CCC(C(=O)O)(CC3)C5)C4)c2Cl)ccc1CNC[C@@H]1CCC(=O)N1. The van der Waals surface area contributed by atoms with E-state index in [1.807, 2.05) is 59.0 Å². The number of carbonyl (C=O) groups excluding carboxylic acids is 2. The number of hydrogen-bond acceptors (Lipinski definition) is 8. The first-order valence-electron chi connectivity index (χ1n) is 20.3. The minimum atomic E-state index is -0.611. The van der Waals surface area contributed by atoms with Crippen molar-refractivity contribution in [3.63, 3.8) is 0 Å². The highest BCUT2D eigenvalue weighted by atomic mass is 35.5. The summed E-state index contributed by atoms with van der Waals surface area (Å²) in [6.45, 7) is 4.32. The van der Waals surface area contributed by atoms with Crippen LogP contribution in [0.4, 0.5) is 5.69 Å². The molecular weight excluding hydrogens is 742 g/mol. The molecule has 2 aromatic heterocycles. The normalized spacial score (nSPS) is 23.8. The Morgan fingerprint density at radius 1 is 1.00 bits per heavy atom. The number of methoxy groups -OCH3 is 1. The van der Waals surface area contributed by atoms with E-state index < -0.39 is 11.4 Å². The summed E-state index contributed by atoms with van der Waals surface area (Å²) in [5.41, 5.74) is 7.96. The van der Waals surface area contributed by atoms with Crippen LogP contribution in [-0.2, 0) is 42.6 Å². The number of carbonyl (C=O) groups is 3. The van der Waals surface area contributed by atoms with Gasteiger partial charge in [0.1, 0.15) is 0 Å². The van der Waals surface area contributed by atoms with Crippen molar-refractivity contribution in [2.75, 3.05) is 38.2 Å². The van der Waals surface area contributed by atoms with Gasteiger partial charge in [0.2, 0.25) is 11.8 Å². The van der Waals surface area contributed by atoms with E-state index in [1.54, 1.807) is 7.11 Å². The predicted octanol–water partition coefficient (Wildman–Crippen LogP) is 6.17. The van der Waals surface area contributed by atoms with Gasteiger partial charge in [-0.3, -0.25) is 19.3 Å². The number of anilines is 1. The third-order valence-electron chi connectivity index (χ3n) is 13.7. The van der Waals surface area contributed by atoms with Crippen molar-refractivity contribution in [3.05, 3.63) is 81.9 Å². The molecule has 2 bridgehead atoms. The molecule has 2 amide bonds. The van der Waals surface area contributed by atoms with E-state index in [0.29, 0.717) is 61.4 Å². The first kappa shape index (κ1) is 37.8. The van der Waals surface area contributed by atoms with Gasteiger partial charge >= 0.3 is 5.97 Å². The smallest absolute Gasteiger partial charge is 0.309 e. The molecule has 2 aromatic carbocycles. The summed E-state index contributed by atoms with van der Waals surface area (Å²) in [6.07, 6.45) is 8.42. The Labute approximate surface area is 338 Å². The molecule has 0 radical (unpaired) electrons. The zero-order chi connectivity index (χ0) is 39.5. The summed E-state index contributed by atoms with van der Waals surface area (Å²) < 4.78 is 7.68. The number of rotatable bonds is 12. The van der Waals surface area contributed by atoms with E-state index in [0.717, 1.165) is 109 Å². The number of carboxylic acid groups (broad SMARTS) is 1. The average molecular weight is 792 g/mol. The van der Waals surface area contributed by atoms with Gasteiger partial charge in [-0.2, -0.15) is 0 Å². The summed E-state index contributed by atoms with van der Waals surface area (Å²) in [5, 5.41) is 16.8. The lowest BCUT2D eigenvalue weighted by atomic mass is 9.80. The minimum absolute atomic E-state index is 0.101. The van der Waals surface area contributed by atoms with Crippen LogP contribution < -0.4 is 20.3 Å². The van der Waals surface area contributed by atoms with Crippen LogP contribution in [-0.4, -0.2) is 81.7 Å². The Kier molecular flexibility index (Phi) is 9.85. The summed E-state index contributed by atoms with van der Waals surface area (Å²) in [5.74, 6) is 0.361. The van der Waals surface area contributed by atoms with Crippen molar-refractivity contribution in [1.29, 1.82) is 0 Å². The molecule has 3 fully saturated rings. The van der Waals surface area contributed by atoms with Gasteiger partial charge in [0.15, 0.2) is 5.82 Å². The van der Waals surface area contributed by atoms with Crippen LogP contribution in [0.5, 0.6) is 5.88 Å². The highest BCUT2D eigenvalue weighted by Gasteiger charge is 2.57. The molecule has 298 valence electrons. The summed E-state index contributed by atoms with van der Waals surface area (Å²) in [7, 11) is 3.57. The molecule has 2 saturated carbocycles. The molecule has 13 heteroatoms. The van der Waals surface area contributed by atoms with Gasteiger partial charge in [-0.15, -0.1) is 0 Å². The van der Waals surface area contributed by atoms with Crippen LogP contribution in [0.1, 0.15) is 84.5 Å². The van der Waals surface area contributed by atoms with Crippen LogP contribution in [0, 0.1) is 10.8 Å². The first-order valence-corrected chi connectivity index (χ1v) is 20.7. The van der Waals surface area contributed by atoms with Gasteiger partial charge in [-0.1, -0.05) is 48.0 Å². The van der Waals surface area contributed by atoms with E-state index in [2.05, 4.69) is 21.6 Å². The van der Waals surface area contributed by atoms with Crippen molar-refractivity contribution < 1.29 is 24.2 Å². The number of halogens is 1. The molecule has 4 aromatic rings. The largest absolute Gasteiger partial charge is 0.481 e. The number of imidazole rings is 1. The zero-order valence-electron chi connectivity index (χ0n) is 32.7. The number of benzene rings is 2. The highest BCUT2D eigenvalue weighted by Crippen LogP contribution is 2.63. The van der Waals surface area contributed by atoms with Crippen LogP contribution in [0.2, 0.25) is 5.02 Å². The van der Waals surface area contributed by atoms with E-state index >= 15 is 0 Å². The molecule has 9 rings (SSSR count). The molecule has 5 aliphatic rings. The quantitative estimate of drug-likeness (QED) is 0.154. The molecule has 3 aliphatic heterocycles. The number of pyridine rings is 1. The molecule has 1 saturated heterocycles. The molecule has 12 nitrogen and oxygen atoms in total. The minimum Gasteiger partial charge on any atom is -0.481 e. The number of aromatic nitrogens is 3. The fourth-order valence-corrected chi connectivity index (χ4v) is 10.7. The zero-order valence-corrected chi connectivity index (χ0v) is 33.5. The second-order valence-electron chi connectivity index (χ2n) is 16.9. The maximum Gasteiger partial charge on any atom is 0.309 e. The average Bonchev–Trinajstić information content (AvgIpc) is 4.06. The number of hydrogen-bond donors (Lipinski definition) is 3. The van der Waals surface area contributed by atoms with Gasteiger partial charge in [0.05, 0.1) is 28.9 Å². The Bertz CT molecular complexity index is 2260. The maximum atomic E-state index is 14.3. The topological polar surface area (TPSA) is 142 Å². The van der Waals surface area contributed by atoms with Crippen molar-refractivity contribution in [2.24, 2.45) is 17.9 Å². The summed E-state index contributed by atoms with van der Waals surface area (Å²) >= 11 is 7.22. The maximum absolute atomic E-state index is 14.3. The fraction of sp³-hybridized carbons (Fsp3) is 0.477. The van der Waals surface area contributed by atoms with Crippen molar-refractivity contribution in [1.82, 2.24) is 30.1 Å². The number of nitrogens with zero attached hydrogens (tertiary/aromatic N) is 5. The lowest BCUT2D eigenvalue weighted by Crippen LogP contribution is -2.35. The lowest BCUT2D eigenvalue weighted by molar-refractivity contribution is -0.148. The predicted molar refractivity (Wildman–Crippen MR) is 217 cm³/mol. The third kappa shape index (κ3) is 6.79. The van der Waals surface area contributed by atoms with Gasteiger partial charge < -0.3 is 29.9 Å². The number of amides is 2. The van der Waals surface area contributed by atoms with Gasteiger partial charge in [0.25, 0.3) is 5.91 Å². The molecule has 0 spiro atoms. The third-order valence-corrected chi connectivity index (χ3v) is 14.1. The van der Waals surface area contributed by atoms with E-state index in [9.17, 15) is 19.5 Å². The highest BCUT2D eigenvalue weighted by molar-refractivity contribution is 6.36. The number of aliphatic carboxylic acids is 1. The fourth-order valence-electron chi connectivity index (χ4n) is 10.4. The first-order chi connectivity index (χ1) is 27.6. The summed E-state index contributed by atoms with van der Waals surface area (Å²) in [4.78, 5) is 52.0. The molecule has 3 N–H and O–H groups in total. The molecule has 57 heavy (non-hydrogen) atoms. The molecular formula is C44H50ClN7O5. The molecule has 0 unspecified atom stereocenters. The van der Waals surface area contributed by atoms with Crippen molar-refractivity contribution >= 4 is 35.1 Å². The van der Waals surface area contributed by atoms with Gasteiger partial charge in [0, 0.05) is 86.7 Å². The van der Waals surface area contributed by atoms with Crippen LogP contribution in [0.15, 0.2) is 48.5 Å². The summed E-state index contributed by atoms with van der Waals surface area (Å²) in [6, 6.07) is 16.1. The standard InChI is InChI=1S/C44H50ClN7O5/c1-50-36-14-20-51(22-19-43-15-17-44(26-43,18-16-43)42(55)56)25-34(36)48-39(50)41(54)52-21-13-30-29(5-4-8-35(30)52)31-6-3-7-32(38(31)45)33-11-9-27(40(49-33)57-2)23-46-24-28-10-12-37(53)47-28/h3-9,11,28,46H,10,12-26H2,1-2H3,(H,47,53)(H,55,56)/t28-,43?,44?/m0/s1. The van der Waals surface area contributed by atoms with E-state index in [4.69, 9.17) is 26.3 Å². The van der Waals surface area contributed by atoms with E-state index in [-0.39, 0.29) is 23.3 Å². The number of fused-ring (bicyclic) bond motifs is 4. The molecule has 1 atom stereocenters. The molecule has 2 aliphatic carbocycles. The Morgan fingerprint density at radius 3 is 2.54 bits per heavy atom. The van der Waals surface area contributed by atoms with E-state index in [1.165, 1.54) is 0 Å². The molecule has 5 heterocycles. The Balaban J connectivity index is 0.897. The number of ether oxygens (including phenoxy) is 1. The van der Waals surface area contributed by atoms with Crippen molar-refractivity contribution in [2.45, 2.75) is 83.3 Å². The monoisotopic (exact) mass is 791 g/mol. The Morgan fingerprint density at radius 2 is 1.79 bits per heavy atom. The number of carboxylic acids is 1. The van der Waals surface area contributed by atoms with Crippen LogP contribution >= 0.6 is 11.6 Å². The second-order valence-corrected chi connectivity index (χ2v) is 17.3. The van der Waals surface area contributed by atoms with Crippen LogP contribution in [0.25, 0.3) is 22.4 Å². The van der Waals surface area contributed by atoms with Gasteiger partial charge in [-0.05, 0) is 86.6 Å². The van der Waals surface area contributed by atoms with Crippen LogP contribution in [0.3, 0.4) is 0 Å². The second kappa shape index (κ2) is 14.9. The van der Waals surface area contributed by atoms with Crippen molar-refractivity contribution in [3.8, 4) is 28.3 Å². The Hall–Kier alpha value is -4.78. The lowest BCUT2D eigenvalue weighted by Gasteiger charge is -2.32. The number of nitrogens with one attached hydrogen (secondary N) is 2. The van der Waals surface area contributed by atoms with Gasteiger partial charge in [-0.25, -0.2) is 9.97 Å².